The number of rotatable bonds is 6. The summed E-state index contributed by atoms with van der Waals surface area (Å²) >= 11 is 0. The first-order valence-corrected chi connectivity index (χ1v) is 7.08. The molecule has 0 fully saturated rings. The molecule has 0 saturated heterocycles. The second-order valence-corrected chi connectivity index (χ2v) is 5.00. The maximum atomic E-state index is 12.3. The lowest BCUT2D eigenvalue weighted by Gasteiger charge is -2.14. The Bertz CT molecular complexity index is 590. The highest BCUT2D eigenvalue weighted by atomic mass is 16.5. The van der Waals surface area contributed by atoms with Crippen LogP contribution >= 0.6 is 0 Å². The van der Waals surface area contributed by atoms with Crippen LogP contribution in [-0.4, -0.2) is 22.8 Å². The fourth-order valence-corrected chi connectivity index (χ4v) is 2.04. The second-order valence-electron chi connectivity index (χ2n) is 5.00. The number of ether oxygens (including phenoxy) is 1. The zero-order valence-corrected chi connectivity index (χ0v) is 12.7. The van der Waals surface area contributed by atoms with Gasteiger partial charge in [-0.3, -0.25) is 4.79 Å². The van der Waals surface area contributed by atoms with Crippen LogP contribution in [-0.2, 0) is 11.3 Å². The quantitative estimate of drug-likeness (QED) is 0.887. The number of carbonyl (C=O) groups is 1. The first-order valence-electron chi connectivity index (χ1n) is 7.08. The summed E-state index contributed by atoms with van der Waals surface area (Å²) in [4.78, 5) is 12.3. The number of anilines is 1. The molecule has 1 aromatic carbocycles. The first-order chi connectivity index (χ1) is 10.2. The molecule has 21 heavy (non-hydrogen) atoms. The molecule has 1 N–H and O–H groups in total. The molecular formula is C16H21N3O2. The number of nitrogens with zero attached hydrogens (tertiary/aromatic N) is 2. The molecule has 1 unspecified atom stereocenters. The van der Waals surface area contributed by atoms with Gasteiger partial charge in [0, 0.05) is 18.7 Å². The minimum atomic E-state index is -0.135. The highest BCUT2D eigenvalue weighted by Crippen LogP contribution is 2.17. The van der Waals surface area contributed by atoms with E-state index in [9.17, 15) is 4.79 Å². The van der Waals surface area contributed by atoms with Gasteiger partial charge in [-0.2, -0.15) is 5.10 Å². The summed E-state index contributed by atoms with van der Waals surface area (Å²) < 4.78 is 6.89. The predicted octanol–water partition coefficient (Wildman–Crippen LogP) is 3.25. The molecule has 0 aliphatic rings. The molecule has 0 aliphatic carbocycles. The third-order valence-corrected chi connectivity index (χ3v) is 3.45. The number of nitrogens with one attached hydrogen (secondary N) is 1. The summed E-state index contributed by atoms with van der Waals surface area (Å²) in [5.41, 5.74) is 1.66. The van der Waals surface area contributed by atoms with Crippen molar-refractivity contribution in [1.82, 2.24) is 9.78 Å². The number of methoxy groups -OCH3 is 1. The van der Waals surface area contributed by atoms with Gasteiger partial charge in [0.05, 0.1) is 18.8 Å². The molecule has 0 saturated carbocycles. The number of hydrogen-bond acceptors (Lipinski definition) is 3. The smallest absolute Gasteiger partial charge is 0.256 e. The number of benzene rings is 1. The highest BCUT2D eigenvalue weighted by Gasteiger charge is 2.12. The first kappa shape index (κ1) is 15.3. The molecule has 0 aliphatic heterocycles. The monoisotopic (exact) mass is 287 g/mol. The van der Waals surface area contributed by atoms with Crippen molar-refractivity contribution in [3.05, 3.63) is 47.7 Å². The molecule has 2 aromatic rings. The normalized spacial score (nSPS) is 12.1. The van der Waals surface area contributed by atoms with Crippen LogP contribution in [0.25, 0.3) is 0 Å². The third kappa shape index (κ3) is 3.70. The van der Waals surface area contributed by atoms with E-state index in [2.05, 4.69) is 24.3 Å². The van der Waals surface area contributed by atoms with Crippen LogP contribution in [0.4, 0.5) is 5.82 Å². The van der Waals surface area contributed by atoms with Crippen molar-refractivity contribution in [1.29, 1.82) is 0 Å². The number of amides is 1. The van der Waals surface area contributed by atoms with Crippen LogP contribution in [0.5, 0.6) is 0 Å². The Balaban J connectivity index is 2.09. The van der Waals surface area contributed by atoms with Crippen molar-refractivity contribution in [2.45, 2.75) is 32.9 Å². The van der Waals surface area contributed by atoms with Crippen LogP contribution in [0.15, 0.2) is 36.5 Å². The van der Waals surface area contributed by atoms with Crippen LogP contribution in [0, 0.1) is 0 Å². The molecule has 2 rings (SSSR count). The Kier molecular flexibility index (Phi) is 5.11. The van der Waals surface area contributed by atoms with Crippen molar-refractivity contribution in [2.75, 3.05) is 12.4 Å². The molecule has 1 aromatic heterocycles. The molecule has 5 heteroatoms. The van der Waals surface area contributed by atoms with Crippen molar-refractivity contribution in [2.24, 2.45) is 0 Å². The Hall–Kier alpha value is -2.14. The van der Waals surface area contributed by atoms with Gasteiger partial charge in [-0.25, -0.2) is 4.68 Å². The summed E-state index contributed by atoms with van der Waals surface area (Å²) in [6.45, 7) is 4.71. The summed E-state index contributed by atoms with van der Waals surface area (Å²) in [6.07, 6.45) is 2.65. The molecule has 1 atom stereocenters. The third-order valence-electron chi connectivity index (χ3n) is 3.45. The molecule has 0 spiro atoms. The zero-order chi connectivity index (χ0) is 15.2. The standard InChI is InChI=1S/C16H21N3O2/c1-4-12(2)19-15(9-10-17-19)18-16(20)14-7-5-13(6-8-14)11-21-3/h5-10,12H,4,11H2,1-3H3,(H,18,20). The van der Waals surface area contributed by atoms with Gasteiger partial charge >= 0.3 is 0 Å². The minimum absolute atomic E-state index is 0.135. The minimum Gasteiger partial charge on any atom is -0.380 e. The molecule has 1 amide bonds. The van der Waals surface area contributed by atoms with Crippen molar-refractivity contribution in [3.8, 4) is 0 Å². The maximum absolute atomic E-state index is 12.3. The van der Waals surface area contributed by atoms with Crippen molar-refractivity contribution < 1.29 is 9.53 Å². The Morgan fingerprint density at radius 2 is 2.05 bits per heavy atom. The van der Waals surface area contributed by atoms with Gasteiger partial charge in [-0.05, 0) is 31.0 Å². The fraction of sp³-hybridized carbons (Fsp3) is 0.375. The number of carbonyl (C=O) groups excluding carboxylic acids is 1. The van der Waals surface area contributed by atoms with Gasteiger partial charge in [0.1, 0.15) is 5.82 Å². The van der Waals surface area contributed by atoms with Gasteiger partial charge in [-0.15, -0.1) is 0 Å². The summed E-state index contributed by atoms with van der Waals surface area (Å²) in [6, 6.07) is 9.44. The van der Waals surface area contributed by atoms with Gasteiger partial charge in [0.25, 0.3) is 5.91 Å². The van der Waals surface area contributed by atoms with E-state index in [4.69, 9.17) is 4.74 Å². The molecule has 5 nitrogen and oxygen atoms in total. The van der Waals surface area contributed by atoms with E-state index in [1.54, 1.807) is 25.4 Å². The van der Waals surface area contributed by atoms with Gasteiger partial charge in [0.2, 0.25) is 0 Å². The van der Waals surface area contributed by atoms with Crippen molar-refractivity contribution in [3.63, 3.8) is 0 Å². The molecule has 0 bridgehead atoms. The Morgan fingerprint density at radius 3 is 2.67 bits per heavy atom. The molecule has 0 radical (unpaired) electrons. The largest absolute Gasteiger partial charge is 0.380 e. The lowest BCUT2D eigenvalue weighted by Crippen LogP contribution is -2.17. The van der Waals surface area contributed by atoms with Gasteiger partial charge in [-0.1, -0.05) is 19.1 Å². The SMILES string of the molecule is CCC(C)n1nccc1NC(=O)c1ccc(COC)cc1. The van der Waals surface area contributed by atoms with E-state index in [0.29, 0.717) is 12.2 Å². The Morgan fingerprint density at radius 1 is 1.33 bits per heavy atom. The molecular weight excluding hydrogens is 266 g/mol. The second kappa shape index (κ2) is 7.04. The fourth-order valence-electron chi connectivity index (χ4n) is 2.04. The lowest BCUT2D eigenvalue weighted by atomic mass is 10.1. The zero-order valence-electron chi connectivity index (χ0n) is 12.7. The van der Waals surface area contributed by atoms with Crippen LogP contribution in [0.2, 0.25) is 0 Å². The average Bonchev–Trinajstić information content (AvgIpc) is 2.95. The van der Waals surface area contributed by atoms with E-state index < -0.39 is 0 Å². The van der Waals surface area contributed by atoms with Crippen LogP contribution in [0.3, 0.4) is 0 Å². The predicted molar refractivity (Wildman–Crippen MR) is 82.3 cm³/mol. The topological polar surface area (TPSA) is 56.2 Å². The summed E-state index contributed by atoms with van der Waals surface area (Å²) in [5.74, 6) is 0.583. The number of aromatic nitrogens is 2. The molecule has 1 heterocycles. The van der Waals surface area contributed by atoms with E-state index in [1.165, 1.54) is 0 Å². The average molecular weight is 287 g/mol. The summed E-state index contributed by atoms with van der Waals surface area (Å²) in [7, 11) is 1.65. The maximum Gasteiger partial charge on any atom is 0.256 e. The number of hydrogen-bond donors (Lipinski definition) is 1. The molecule has 112 valence electrons. The lowest BCUT2D eigenvalue weighted by molar-refractivity contribution is 0.102. The van der Waals surface area contributed by atoms with Crippen LogP contribution < -0.4 is 5.32 Å². The van der Waals surface area contributed by atoms with E-state index in [-0.39, 0.29) is 11.9 Å². The van der Waals surface area contributed by atoms with Crippen LogP contribution in [0.1, 0.15) is 42.2 Å². The van der Waals surface area contributed by atoms with E-state index in [0.717, 1.165) is 17.8 Å². The summed E-state index contributed by atoms with van der Waals surface area (Å²) in [5, 5.41) is 7.16. The van der Waals surface area contributed by atoms with Gasteiger partial charge in [0.15, 0.2) is 0 Å². The highest BCUT2D eigenvalue weighted by molar-refractivity contribution is 6.03. The van der Waals surface area contributed by atoms with E-state index >= 15 is 0 Å². The Labute approximate surface area is 124 Å². The van der Waals surface area contributed by atoms with Crippen molar-refractivity contribution >= 4 is 11.7 Å². The van der Waals surface area contributed by atoms with E-state index in [1.807, 2.05) is 22.9 Å². The van der Waals surface area contributed by atoms with Gasteiger partial charge < -0.3 is 10.1 Å².